The average Bonchev–Trinajstić information content (AvgIpc) is 2.42. The summed E-state index contributed by atoms with van der Waals surface area (Å²) < 4.78 is 1.18. The van der Waals surface area contributed by atoms with E-state index in [9.17, 15) is 5.21 Å². The Morgan fingerprint density at radius 2 is 1.50 bits per heavy atom. The first-order valence-corrected chi connectivity index (χ1v) is 5.86. The maximum Gasteiger partial charge on any atom is 0.245 e. The van der Waals surface area contributed by atoms with Crippen molar-refractivity contribution in [2.45, 2.75) is 6.04 Å². The van der Waals surface area contributed by atoms with E-state index in [1.54, 1.807) is 12.3 Å². The normalized spacial score (nSPS) is 13.0. The van der Waals surface area contributed by atoms with Gasteiger partial charge >= 0.3 is 0 Å². The Hall–Kier alpha value is -2.35. The van der Waals surface area contributed by atoms with Crippen LogP contribution < -0.4 is 0 Å². The predicted octanol–water partition coefficient (Wildman–Crippen LogP) is 3.43. The number of nitrogens with zero attached hydrogens (tertiary/aromatic N) is 1. The molecule has 0 aliphatic heterocycles. The van der Waals surface area contributed by atoms with Crippen molar-refractivity contribution in [2.75, 3.05) is 0 Å². The second-order valence-electron chi connectivity index (χ2n) is 4.01. The Morgan fingerprint density at radius 1 is 0.944 bits per heavy atom. The number of hydrogen-bond donors (Lipinski definition) is 1. The molecule has 0 bridgehead atoms. The second-order valence-corrected chi connectivity index (χ2v) is 4.01. The Labute approximate surface area is 107 Å². The maximum absolute atomic E-state index is 10.1. The molecule has 2 aromatic rings. The number of hydrogen-bond acceptors (Lipinski definition) is 1. The fourth-order valence-electron chi connectivity index (χ4n) is 1.82. The predicted molar refractivity (Wildman–Crippen MR) is 73.0 cm³/mol. The van der Waals surface area contributed by atoms with Crippen LogP contribution in [0.3, 0.4) is 0 Å². The molecule has 2 aromatic carbocycles. The lowest BCUT2D eigenvalue weighted by Gasteiger charge is -2.05. The highest BCUT2D eigenvalue weighted by Gasteiger charge is 2.19. The highest BCUT2D eigenvalue weighted by atomic mass is 16.5. The molecule has 1 N–H and O–H groups in total. The molecule has 2 heteroatoms. The highest BCUT2D eigenvalue weighted by molar-refractivity contribution is 5.75. The highest BCUT2D eigenvalue weighted by Crippen LogP contribution is 2.16. The summed E-state index contributed by atoms with van der Waals surface area (Å²) in [7, 11) is 0. The van der Waals surface area contributed by atoms with Gasteiger partial charge in [0.15, 0.2) is 0 Å². The summed E-state index contributed by atoms with van der Waals surface area (Å²) in [6, 6.07) is 19.2. The summed E-state index contributed by atoms with van der Waals surface area (Å²) in [5.41, 5.74) is 1.95. The van der Waals surface area contributed by atoms with Crippen LogP contribution in [0.2, 0.25) is 0 Å². The van der Waals surface area contributed by atoms with E-state index in [1.807, 2.05) is 60.7 Å². The van der Waals surface area contributed by atoms with Crippen LogP contribution in [0.15, 0.2) is 73.3 Å². The number of rotatable bonds is 4. The topological polar surface area (TPSA) is 23.2 Å². The molecule has 0 spiro atoms. The van der Waals surface area contributed by atoms with E-state index in [4.69, 9.17) is 0 Å². The van der Waals surface area contributed by atoms with Crippen molar-refractivity contribution in [3.63, 3.8) is 0 Å². The molecule has 0 saturated carbocycles. The molecular formula is C16H16NO+. The zero-order valence-corrected chi connectivity index (χ0v) is 10.1. The van der Waals surface area contributed by atoms with Gasteiger partial charge in [0.25, 0.3) is 0 Å². The van der Waals surface area contributed by atoms with Gasteiger partial charge in [-0.1, -0.05) is 55.1 Å². The molecule has 2 rings (SSSR count). The van der Waals surface area contributed by atoms with E-state index >= 15 is 0 Å². The third-order valence-electron chi connectivity index (χ3n) is 2.73. The monoisotopic (exact) mass is 238 g/mol. The maximum atomic E-state index is 10.1. The molecule has 0 amide bonds. The van der Waals surface area contributed by atoms with Gasteiger partial charge in [0.2, 0.25) is 12.3 Å². The third kappa shape index (κ3) is 2.86. The molecule has 0 aliphatic carbocycles. The van der Waals surface area contributed by atoms with Gasteiger partial charge in [-0.05, 0) is 22.9 Å². The zero-order valence-electron chi connectivity index (χ0n) is 10.1. The summed E-state index contributed by atoms with van der Waals surface area (Å²) in [6.45, 7) is 3.78. The molecule has 0 aromatic heterocycles. The van der Waals surface area contributed by atoms with Crippen molar-refractivity contribution in [2.24, 2.45) is 0 Å². The Kier molecular flexibility index (Phi) is 3.92. The van der Waals surface area contributed by atoms with Crippen LogP contribution in [0.4, 0.5) is 0 Å². The van der Waals surface area contributed by atoms with Crippen LogP contribution in [0, 0.1) is 0 Å². The summed E-state index contributed by atoms with van der Waals surface area (Å²) in [4.78, 5) is 0. The van der Waals surface area contributed by atoms with Gasteiger partial charge < -0.3 is 0 Å². The van der Waals surface area contributed by atoms with Gasteiger partial charge in [-0.15, -0.1) is 0 Å². The van der Waals surface area contributed by atoms with Crippen LogP contribution in [-0.2, 0) is 0 Å². The fraction of sp³-hybridized carbons (Fsp3) is 0.0625. The molecule has 0 aliphatic rings. The SMILES string of the molecule is C=CC(c1ccccc1)[N+](O)=Cc1ccccc1. The summed E-state index contributed by atoms with van der Waals surface area (Å²) in [5, 5.41) is 10.1. The van der Waals surface area contributed by atoms with Crippen molar-refractivity contribution in [3.05, 3.63) is 84.4 Å². The van der Waals surface area contributed by atoms with Crippen LogP contribution in [0.1, 0.15) is 17.2 Å². The van der Waals surface area contributed by atoms with E-state index in [-0.39, 0.29) is 6.04 Å². The van der Waals surface area contributed by atoms with Crippen LogP contribution in [-0.4, -0.2) is 16.2 Å². The third-order valence-corrected chi connectivity index (χ3v) is 2.73. The molecular weight excluding hydrogens is 222 g/mol. The largest absolute Gasteiger partial charge is 0.290 e. The van der Waals surface area contributed by atoms with E-state index in [1.165, 1.54) is 4.74 Å². The van der Waals surface area contributed by atoms with E-state index in [0.29, 0.717) is 0 Å². The van der Waals surface area contributed by atoms with Gasteiger partial charge in [-0.2, -0.15) is 0 Å². The van der Waals surface area contributed by atoms with Crippen molar-refractivity contribution >= 4 is 6.21 Å². The molecule has 0 heterocycles. The standard InChI is InChI=1S/C16H16NO/c1-2-16(15-11-7-4-8-12-15)17(18)13-14-9-5-3-6-10-14/h2-13,16,18H,1H2/q+1. The lowest BCUT2D eigenvalue weighted by Crippen LogP contribution is -2.15. The minimum Gasteiger partial charge on any atom is -0.290 e. The molecule has 0 saturated heterocycles. The lowest BCUT2D eigenvalue weighted by molar-refractivity contribution is -0.794. The van der Waals surface area contributed by atoms with Gasteiger partial charge in [0.1, 0.15) is 0 Å². The first-order valence-electron chi connectivity index (χ1n) is 5.86. The van der Waals surface area contributed by atoms with Crippen LogP contribution in [0.25, 0.3) is 0 Å². The first-order chi connectivity index (χ1) is 8.81. The molecule has 1 unspecified atom stereocenters. The first kappa shape index (κ1) is 12.1. The summed E-state index contributed by atoms with van der Waals surface area (Å²) in [6.07, 6.45) is 3.41. The van der Waals surface area contributed by atoms with Crippen molar-refractivity contribution in [1.29, 1.82) is 0 Å². The number of benzene rings is 2. The minimum atomic E-state index is -0.244. The zero-order chi connectivity index (χ0) is 12.8. The second kappa shape index (κ2) is 5.82. The van der Waals surface area contributed by atoms with Gasteiger partial charge in [0, 0.05) is 11.1 Å². The van der Waals surface area contributed by atoms with E-state index in [0.717, 1.165) is 11.1 Å². The Morgan fingerprint density at radius 3 is 2.06 bits per heavy atom. The van der Waals surface area contributed by atoms with Crippen LogP contribution >= 0.6 is 0 Å². The molecule has 0 radical (unpaired) electrons. The smallest absolute Gasteiger partial charge is 0.245 e. The minimum absolute atomic E-state index is 0.244. The molecule has 1 atom stereocenters. The van der Waals surface area contributed by atoms with Crippen molar-refractivity contribution < 1.29 is 9.95 Å². The molecule has 18 heavy (non-hydrogen) atoms. The number of hydroxylamine groups is 1. The summed E-state index contributed by atoms with van der Waals surface area (Å²) >= 11 is 0. The van der Waals surface area contributed by atoms with Crippen molar-refractivity contribution in [3.8, 4) is 0 Å². The Bertz CT molecular complexity index is 532. The Balaban J connectivity index is 2.29. The quantitative estimate of drug-likeness (QED) is 0.285. The summed E-state index contributed by atoms with van der Waals surface area (Å²) in [5.74, 6) is 0. The van der Waals surface area contributed by atoms with Gasteiger partial charge in [-0.25, -0.2) is 0 Å². The molecule has 2 nitrogen and oxygen atoms in total. The van der Waals surface area contributed by atoms with E-state index in [2.05, 4.69) is 6.58 Å². The lowest BCUT2D eigenvalue weighted by atomic mass is 10.1. The fourth-order valence-corrected chi connectivity index (χ4v) is 1.82. The molecule has 90 valence electrons. The van der Waals surface area contributed by atoms with Crippen LogP contribution in [0.5, 0.6) is 0 Å². The van der Waals surface area contributed by atoms with E-state index < -0.39 is 0 Å². The van der Waals surface area contributed by atoms with Crippen molar-refractivity contribution in [1.82, 2.24) is 0 Å². The molecule has 0 fully saturated rings. The average molecular weight is 238 g/mol. The van der Waals surface area contributed by atoms with Gasteiger partial charge in [-0.3, -0.25) is 5.21 Å². The van der Waals surface area contributed by atoms with Gasteiger partial charge in [0.05, 0.1) is 0 Å².